The van der Waals surface area contributed by atoms with Crippen molar-refractivity contribution in [2.45, 2.75) is 38.9 Å². The standard InChI is InChI=1S/C6H17BO2Si/c1-4-10(5-2,6-3)7(8)9/h8-9H,4-6H2,1-3H3. The molecule has 0 aromatic heterocycles. The third kappa shape index (κ3) is 1.84. The molecular weight excluding hydrogens is 143 g/mol. The van der Waals surface area contributed by atoms with Crippen LogP contribution in [0.15, 0.2) is 0 Å². The number of rotatable bonds is 4. The van der Waals surface area contributed by atoms with Gasteiger partial charge in [0, 0.05) is 0 Å². The summed E-state index contributed by atoms with van der Waals surface area (Å²) in [6, 6.07) is 2.91. The monoisotopic (exact) mass is 160 g/mol. The van der Waals surface area contributed by atoms with Gasteiger partial charge >= 0.3 is 6.71 Å². The molecule has 2 nitrogen and oxygen atoms in total. The Hall–Kier alpha value is 0.202. The van der Waals surface area contributed by atoms with Crippen LogP contribution >= 0.6 is 0 Å². The van der Waals surface area contributed by atoms with Crippen LogP contribution < -0.4 is 0 Å². The van der Waals surface area contributed by atoms with Crippen molar-refractivity contribution < 1.29 is 10.0 Å². The van der Waals surface area contributed by atoms with Gasteiger partial charge in [-0.1, -0.05) is 38.9 Å². The highest BCUT2D eigenvalue weighted by Gasteiger charge is 2.38. The topological polar surface area (TPSA) is 40.5 Å². The van der Waals surface area contributed by atoms with Crippen LogP contribution in [0.5, 0.6) is 0 Å². The largest absolute Gasteiger partial charge is 0.430 e. The second kappa shape index (κ2) is 4.16. The summed E-state index contributed by atoms with van der Waals surface area (Å²) in [6.45, 7) is 5.14. The summed E-state index contributed by atoms with van der Waals surface area (Å²) >= 11 is 0. The summed E-state index contributed by atoms with van der Waals surface area (Å²) < 4.78 is 0. The van der Waals surface area contributed by atoms with Gasteiger partial charge in [-0.3, -0.25) is 0 Å². The van der Waals surface area contributed by atoms with Crippen molar-refractivity contribution in [2.24, 2.45) is 0 Å². The first-order valence-corrected chi connectivity index (χ1v) is 6.69. The molecule has 10 heavy (non-hydrogen) atoms. The molecule has 0 aromatic carbocycles. The summed E-state index contributed by atoms with van der Waals surface area (Å²) in [5.41, 5.74) is 0. The SMILES string of the molecule is CC[Si](CC)(CC)B(O)O. The summed E-state index contributed by atoms with van der Waals surface area (Å²) in [5, 5.41) is 18.2. The van der Waals surface area contributed by atoms with Gasteiger partial charge in [0.25, 0.3) is 0 Å². The Kier molecular flexibility index (Phi) is 4.24. The van der Waals surface area contributed by atoms with E-state index in [2.05, 4.69) is 20.8 Å². The smallest absolute Gasteiger partial charge is 0.427 e. The van der Waals surface area contributed by atoms with E-state index in [1.165, 1.54) is 0 Å². The van der Waals surface area contributed by atoms with Gasteiger partial charge in [0.1, 0.15) is 7.94 Å². The molecule has 0 spiro atoms. The van der Waals surface area contributed by atoms with Crippen molar-refractivity contribution in [3.63, 3.8) is 0 Å². The van der Waals surface area contributed by atoms with Crippen molar-refractivity contribution in [2.75, 3.05) is 0 Å². The molecule has 0 aliphatic heterocycles. The van der Waals surface area contributed by atoms with Crippen LogP contribution in [0.4, 0.5) is 0 Å². The van der Waals surface area contributed by atoms with Crippen molar-refractivity contribution >= 4 is 14.7 Å². The van der Waals surface area contributed by atoms with E-state index in [4.69, 9.17) is 10.0 Å². The maximum Gasteiger partial charge on any atom is 0.427 e. The summed E-state index contributed by atoms with van der Waals surface area (Å²) in [7, 11) is -1.68. The zero-order valence-corrected chi connectivity index (χ0v) is 8.09. The van der Waals surface area contributed by atoms with Gasteiger partial charge < -0.3 is 10.0 Å². The second-order valence-electron chi connectivity index (χ2n) is 2.80. The van der Waals surface area contributed by atoms with E-state index in [0.717, 1.165) is 18.1 Å². The number of hydrogen-bond acceptors (Lipinski definition) is 2. The van der Waals surface area contributed by atoms with Crippen LogP contribution in [0.25, 0.3) is 0 Å². The van der Waals surface area contributed by atoms with Crippen LogP contribution in [-0.4, -0.2) is 24.7 Å². The predicted octanol–water partition coefficient (Wildman–Crippen LogP) is 1.05. The predicted molar refractivity (Wildman–Crippen MR) is 47.4 cm³/mol. The van der Waals surface area contributed by atoms with Crippen molar-refractivity contribution in [3.05, 3.63) is 0 Å². The average Bonchev–Trinajstić information content (AvgIpc) is 1.92. The molecule has 0 radical (unpaired) electrons. The first-order valence-electron chi connectivity index (χ1n) is 3.99. The average molecular weight is 160 g/mol. The van der Waals surface area contributed by atoms with Crippen LogP contribution in [0, 0.1) is 0 Å². The first-order chi connectivity index (χ1) is 4.63. The Labute approximate surface area is 64.4 Å². The molecular formula is C6H17BO2Si. The molecule has 0 saturated heterocycles. The normalized spacial score (nSPS) is 11.7. The summed E-state index contributed by atoms with van der Waals surface area (Å²) in [6.07, 6.45) is 0. The molecule has 0 unspecified atom stereocenters. The van der Waals surface area contributed by atoms with Crippen molar-refractivity contribution in [1.29, 1.82) is 0 Å². The van der Waals surface area contributed by atoms with E-state index < -0.39 is 14.7 Å². The minimum absolute atomic E-state index is 0.970. The molecule has 4 heteroatoms. The van der Waals surface area contributed by atoms with Crippen LogP contribution in [-0.2, 0) is 0 Å². The minimum Gasteiger partial charge on any atom is -0.430 e. The van der Waals surface area contributed by atoms with Gasteiger partial charge in [0.15, 0.2) is 0 Å². The Bertz CT molecular complexity index is 85.5. The number of hydrogen-bond donors (Lipinski definition) is 2. The highest BCUT2D eigenvalue weighted by Crippen LogP contribution is 2.20. The molecule has 0 atom stereocenters. The van der Waals surface area contributed by atoms with E-state index in [0.29, 0.717) is 0 Å². The Morgan fingerprint density at radius 2 is 1.30 bits per heavy atom. The van der Waals surface area contributed by atoms with Gasteiger partial charge in [-0.25, -0.2) is 0 Å². The van der Waals surface area contributed by atoms with E-state index in [1.54, 1.807) is 0 Å². The van der Waals surface area contributed by atoms with Gasteiger partial charge in [0.2, 0.25) is 0 Å². The van der Waals surface area contributed by atoms with Crippen molar-refractivity contribution in [3.8, 4) is 0 Å². The zero-order chi connectivity index (χ0) is 8.20. The summed E-state index contributed by atoms with van der Waals surface area (Å²) in [4.78, 5) is 0. The maximum atomic E-state index is 9.08. The van der Waals surface area contributed by atoms with E-state index in [1.807, 2.05) is 0 Å². The maximum absolute atomic E-state index is 9.08. The highest BCUT2D eigenvalue weighted by molar-refractivity contribution is 7.27. The second-order valence-corrected chi connectivity index (χ2v) is 8.16. The lowest BCUT2D eigenvalue weighted by molar-refractivity contribution is 0.429. The third-order valence-corrected chi connectivity index (χ3v) is 7.98. The first kappa shape index (κ1) is 10.2. The molecule has 0 fully saturated rings. The van der Waals surface area contributed by atoms with Crippen molar-refractivity contribution in [1.82, 2.24) is 0 Å². The minimum atomic E-state index is -1.68. The lowest BCUT2D eigenvalue weighted by atomic mass is 10.4. The molecule has 0 aliphatic rings. The fourth-order valence-corrected chi connectivity index (χ4v) is 3.89. The van der Waals surface area contributed by atoms with E-state index >= 15 is 0 Å². The van der Waals surface area contributed by atoms with E-state index in [-0.39, 0.29) is 0 Å². The van der Waals surface area contributed by atoms with E-state index in [9.17, 15) is 0 Å². The van der Waals surface area contributed by atoms with Crippen LogP contribution in [0.1, 0.15) is 20.8 Å². The molecule has 60 valence electrons. The molecule has 0 heterocycles. The fourth-order valence-electron chi connectivity index (χ4n) is 1.30. The summed E-state index contributed by atoms with van der Waals surface area (Å²) in [5.74, 6) is 0. The molecule has 0 rings (SSSR count). The zero-order valence-electron chi connectivity index (χ0n) is 7.09. The van der Waals surface area contributed by atoms with Crippen LogP contribution in [0.2, 0.25) is 18.1 Å². The lowest BCUT2D eigenvalue weighted by Crippen LogP contribution is -2.49. The molecule has 0 aliphatic carbocycles. The molecule has 2 N–H and O–H groups in total. The molecule has 0 aromatic rings. The van der Waals surface area contributed by atoms with Gasteiger partial charge in [-0.2, -0.15) is 0 Å². The fraction of sp³-hybridized carbons (Fsp3) is 1.00. The quantitative estimate of drug-likeness (QED) is 0.603. The Morgan fingerprint density at radius 1 is 1.00 bits per heavy atom. The Morgan fingerprint density at radius 3 is 1.30 bits per heavy atom. The molecule has 0 saturated carbocycles. The highest BCUT2D eigenvalue weighted by atomic mass is 28.3. The molecule has 0 bridgehead atoms. The van der Waals surface area contributed by atoms with Gasteiger partial charge in [-0.15, -0.1) is 0 Å². The van der Waals surface area contributed by atoms with Crippen LogP contribution in [0.3, 0.4) is 0 Å². The lowest BCUT2D eigenvalue weighted by Gasteiger charge is -2.25. The van der Waals surface area contributed by atoms with Gasteiger partial charge in [0.05, 0.1) is 0 Å². The van der Waals surface area contributed by atoms with Gasteiger partial charge in [-0.05, 0) is 0 Å². The Balaban J connectivity index is 4.15. The third-order valence-electron chi connectivity index (χ3n) is 2.66. The molecule has 0 amide bonds.